The van der Waals surface area contributed by atoms with Gasteiger partial charge in [0.25, 0.3) is 5.91 Å². The molecule has 9 heteroatoms. The number of hydrogen-bond donors (Lipinski definition) is 4. The van der Waals surface area contributed by atoms with Crippen LogP contribution in [-0.2, 0) is 13.0 Å². The quantitative estimate of drug-likeness (QED) is 0.303. The molecule has 31 heavy (non-hydrogen) atoms. The summed E-state index contributed by atoms with van der Waals surface area (Å²) in [5, 5.41) is 43.2. The molecule has 0 aliphatic heterocycles. The second-order valence-electron chi connectivity index (χ2n) is 7.04. The third-order valence-corrected chi connectivity index (χ3v) is 4.80. The molecular formula is C22H21BN2O6. The van der Waals surface area contributed by atoms with Crippen molar-refractivity contribution < 1.29 is 34.4 Å². The average molecular weight is 420 g/mol. The smallest absolute Gasteiger partial charge is 0.475 e. The Hall–Kier alpha value is -3.69. The molecule has 2 aromatic carbocycles. The Morgan fingerprint density at radius 3 is 2.29 bits per heavy atom. The molecule has 0 saturated carbocycles. The summed E-state index contributed by atoms with van der Waals surface area (Å²) < 4.78 is 1.99. The van der Waals surface area contributed by atoms with Gasteiger partial charge in [0.2, 0.25) is 0 Å². The van der Waals surface area contributed by atoms with Crippen LogP contribution in [0.2, 0.25) is 0 Å². The molecule has 1 heterocycles. The summed E-state index contributed by atoms with van der Waals surface area (Å²) in [5.74, 6) is -3.83. The zero-order valence-electron chi connectivity index (χ0n) is 16.5. The number of hydrogen-bond acceptors (Lipinski definition) is 5. The Balaban J connectivity index is 1.70. The Morgan fingerprint density at radius 1 is 1.00 bits per heavy atom. The predicted molar refractivity (Wildman–Crippen MR) is 110 cm³/mol. The number of carboxylic acids is 1. The fourth-order valence-electron chi connectivity index (χ4n) is 3.15. The number of benzene rings is 2. The Bertz CT molecular complexity index is 1060. The maximum absolute atomic E-state index is 12.6. The van der Waals surface area contributed by atoms with E-state index in [4.69, 9.17) is 5.11 Å². The Labute approximate surface area is 179 Å². The van der Waals surface area contributed by atoms with Gasteiger partial charge in [0.05, 0.1) is 11.5 Å². The second-order valence-corrected chi connectivity index (χ2v) is 7.04. The highest BCUT2D eigenvalue weighted by atomic mass is 16.4. The highest BCUT2D eigenvalue weighted by Gasteiger charge is 2.26. The number of para-hydroxylation sites is 1. The first-order chi connectivity index (χ1) is 14.8. The molecule has 3 rings (SSSR count). The van der Waals surface area contributed by atoms with Crippen LogP contribution in [0.5, 0.6) is 5.75 Å². The molecule has 0 unspecified atom stereocenters. The molecule has 8 nitrogen and oxygen atoms in total. The van der Waals surface area contributed by atoms with Crippen LogP contribution >= 0.6 is 0 Å². The first kappa shape index (κ1) is 22.0. The van der Waals surface area contributed by atoms with E-state index in [1.807, 2.05) is 35.2 Å². The number of aromatic nitrogens is 1. The third kappa shape index (κ3) is 5.68. The van der Waals surface area contributed by atoms with E-state index >= 15 is 0 Å². The topological polar surface area (TPSA) is 134 Å². The number of nitrogens with zero attached hydrogens (tertiary/aromatic N) is 1. The summed E-state index contributed by atoms with van der Waals surface area (Å²) in [6.07, 6.45) is 3.63. The summed E-state index contributed by atoms with van der Waals surface area (Å²) in [7, 11) is -1.94. The minimum atomic E-state index is -1.94. The molecule has 0 aliphatic carbocycles. The number of carbonyl (C=O) groups is 2. The zero-order valence-corrected chi connectivity index (χ0v) is 16.5. The number of carboxylic acid groups (broad SMARTS) is 1. The van der Waals surface area contributed by atoms with Gasteiger partial charge in [-0.2, -0.15) is 0 Å². The largest absolute Gasteiger partial charge is 0.872 e. The fraction of sp³-hybridized carbons (Fsp3) is 0.136. The van der Waals surface area contributed by atoms with Crippen molar-refractivity contribution in [1.29, 1.82) is 0 Å². The maximum Gasteiger partial charge on any atom is 0.475 e. The van der Waals surface area contributed by atoms with E-state index in [1.165, 1.54) is 18.2 Å². The van der Waals surface area contributed by atoms with E-state index in [9.17, 15) is 24.7 Å². The van der Waals surface area contributed by atoms with E-state index in [-0.39, 0.29) is 12.0 Å². The molecule has 0 aliphatic rings. The van der Waals surface area contributed by atoms with Crippen molar-refractivity contribution in [3.8, 4) is 5.75 Å². The lowest BCUT2D eigenvalue weighted by Gasteiger charge is -2.22. The first-order valence-corrected chi connectivity index (χ1v) is 9.57. The maximum atomic E-state index is 12.6. The van der Waals surface area contributed by atoms with E-state index in [2.05, 4.69) is 5.32 Å². The number of nitrogens with one attached hydrogen (secondary N) is 1. The number of pyridine rings is 1. The van der Waals surface area contributed by atoms with E-state index in [0.29, 0.717) is 12.1 Å². The van der Waals surface area contributed by atoms with Crippen LogP contribution in [0.4, 0.5) is 0 Å². The summed E-state index contributed by atoms with van der Waals surface area (Å²) in [6, 6.07) is 16.6. The molecule has 1 aromatic heterocycles. The van der Waals surface area contributed by atoms with Gasteiger partial charge in [-0.25, -0.2) is 9.36 Å². The summed E-state index contributed by atoms with van der Waals surface area (Å²) in [6.45, 7) is 0.632. The van der Waals surface area contributed by atoms with Crippen LogP contribution < -0.4 is 15.0 Å². The second kappa shape index (κ2) is 9.88. The molecule has 3 aromatic rings. The van der Waals surface area contributed by atoms with Crippen molar-refractivity contribution in [3.63, 3.8) is 0 Å². The van der Waals surface area contributed by atoms with Crippen molar-refractivity contribution >= 4 is 19.0 Å². The van der Waals surface area contributed by atoms with Crippen LogP contribution in [-0.4, -0.2) is 40.1 Å². The van der Waals surface area contributed by atoms with Gasteiger partial charge < -0.3 is 25.6 Å². The van der Waals surface area contributed by atoms with Gasteiger partial charge in [0, 0.05) is 23.3 Å². The number of amides is 1. The highest BCUT2D eigenvalue weighted by Crippen LogP contribution is 2.21. The Morgan fingerprint density at radius 2 is 1.68 bits per heavy atom. The van der Waals surface area contributed by atoms with Gasteiger partial charge in [-0.3, -0.25) is 4.79 Å². The van der Waals surface area contributed by atoms with Crippen LogP contribution in [0.1, 0.15) is 31.8 Å². The molecule has 0 spiro atoms. The monoisotopic (exact) mass is 420 g/mol. The van der Waals surface area contributed by atoms with Gasteiger partial charge in [-0.05, 0) is 24.6 Å². The van der Waals surface area contributed by atoms with Crippen LogP contribution in [0.25, 0.3) is 0 Å². The van der Waals surface area contributed by atoms with Crippen LogP contribution in [0, 0.1) is 0 Å². The van der Waals surface area contributed by atoms with Gasteiger partial charge in [-0.15, -0.1) is 0 Å². The summed E-state index contributed by atoms with van der Waals surface area (Å²) in [4.78, 5) is 23.7. The van der Waals surface area contributed by atoms with Crippen LogP contribution in [0.3, 0.4) is 0 Å². The molecule has 4 N–H and O–H groups in total. The lowest BCUT2D eigenvalue weighted by molar-refractivity contribution is -0.688. The van der Waals surface area contributed by atoms with Crippen molar-refractivity contribution in [2.75, 3.05) is 0 Å². The lowest BCUT2D eigenvalue weighted by atomic mass is 9.75. The van der Waals surface area contributed by atoms with Crippen molar-refractivity contribution in [2.24, 2.45) is 0 Å². The van der Waals surface area contributed by atoms with Crippen molar-refractivity contribution in [1.82, 2.24) is 5.32 Å². The van der Waals surface area contributed by atoms with E-state index < -0.39 is 36.2 Å². The van der Waals surface area contributed by atoms with E-state index in [1.54, 1.807) is 24.3 Å². The number of aromatic carboxylic acids is 1. The molecule has 0 saturated heterocycles. The first-order valence-electron chi connectivity index (χ1n) is 9.57. The average Bonchev–Trinajstić information content (AvgIpc) is 2.75. The minimum absolute atomic E-state index is 0.0635. The van der Waals surface area contributed by atoms with Gasteiger partial charge in [0.15, 0.2) is 18.9 Å². The molecule has 1 atom stereocenters. The van der Waals surface area contributed by atoms with Gasteiger partial charge in [-0.1, -0.05) is 41.6 Å². The number of carbonyl (C=O) groups excluding carboxylic acids is 1. The van der Waals surface area contributed by atoms with Crippen molar-refractivity contribution in [2.45, 2.75) is 18.9 Å². The zero-order chi connectivity index (χ0) is 22.4. The molecule has 0 bridgehead atoms. The van der Waals surface area contributed by atoms with Gasteiger partial charge >= 0.3 is 13.1 Å². The fourth-order valence-corrected chi connectivity index (χ4v) is 3.15. The SMILES string of the molecule is O=C(N[C@@H](Cc1cccc(C(=O)O)c1[O-])B(O)O)c1ccc(C[n+]2ccccc2)cc1. The Kier molecular flexibility index (Phi) is 7.01. The number of rotatable bonds is 8. The molecule has 158 valence electrons. The molecular weight excluding hydrogens is 399 g/mol. The summed E-state index contributed by atoms with van der Waals surface area (Å²) >= 11 is 0. The van der Waals surface area contributed by atoms with Crippen molar-refractivity contribution in [3.05, 3.63) is 95.3 Å². The van der Waals surface area contributed by atoms with Gasteiger partial charge in [0.1, 0.15) is 0 Å². The van der Waals surface area contributed by atoms with Crippen LogP contribution in [0.15, 0.2) is 73.1 Å². The highest BCUT2D eigenvalue weighted by molar-refractivity contribution is 6.43. The molecule has 0 radical (unpaired) electrons. The third-order valence-electron chi connectivity index (χ3n) is 4.80. The summed E-state index contributed by atoms with van der Waals surface area (Å²) in [5.41, 5.74) is 0.942. The molecule has 0 fully saturated rings. The van der Waals surface area contributed by atoms with E-state index in [0.717, 1.165) is 5.56 Å². The minimum Gasteiger partial charge on any atom is -0.872 e. The lowest BCUT2D eigenvalue weighted by Crippen LogP contribution is -2.48. The standard InChI is InChI=1S/C22H21BN2O6/c26-20-17(5-4-6-18(20)22(28)29)13-19(23(30)31)24-21(27)16-9-7-15(8-10-16)14-25-11-2-1-3-12-25/h1-12,19,30-31H,13-14H2,(H2-,24,26,27,28,29)/t19-/m0/s1. The molecule has 1 amide bonds. The normalized spacial score (nSPS) is 11.5. The predicted octanol–water partition coefficient (Wildman–Crippen LogP) is 0.147.